The van der Waals surface area contributed by atoms with Gasteiger partial charge in [0.25, 0.3) is 0 Å². The first-order chi connectivity index (χ1) is 8.08. The van der Waals surface area contributed by atoms with Crippen molar-refractivity contribution in [2.24, 2.45) is 7.05 Å². The standard InChI is InChI=1S/C12H22N4O/c1-5-10-7-11(16(4)15-10)8-14-9(3)12(17)13-6-2/h7,9,14H,5-6,8H2,1-4H3,(H,13,17). The highest BCUT2D eigenvalue weighted by Gasteiger charge is 2.12. The quantitative estimate of drug-likeness (QED) is 0.763. The van der Waals surface area contributed by atoms with Gasteiger partial charge in [-0.2, -0.15) is 5.10 Å². The van der Waals surface area contributed by atoms with E-state index < -0.39 is 0 Å². The molecule has 0 fully saturated rings. The van der Waals surface area contributed by atoms with Crippen LogP contribution in [0.4, 0.5) is 0 Å². The van der Waals surface area contributed by atoms with Gasteiger partial charge in [-0.25, -0.2) is 0 Å². The van der Waals surface area contributed by atoms with E-state index in [2.05, 4.69) is 28.7 Å². The molecule has 0 saturated carbocycles. The molecule has 1 amide bonds. The maximum atomic E-state index is 11.5. The van der Waals surface area contributed by atoms with E-state index in [4.69, 9.17) is 0 Å². The molecule has 17 heavy (non-hydrogen) atoms. The first-order valence-electron chi connectivity index (χ1n) is 6.11. The van der Waals surface area contributed by atoms with Crippen LogP contribution in [0.5, 0.6) is 0 Å². The Labute approximate surface area is 103 Å². The average Bonchev–Trinajstić information content (AvgIpc) is 2.67. The Bertz CT molecular complexity index is 373. The summed E-state index contributed by atoms with van der Waals surface area (Å²) in [6.07, 6.45) is 0.930. The zero-order valence-electron chi connectivity index (χ0n) is 11.1. The lowest BCUT2D eigenvalue weighted by atomic mass is 10.2. The Morgan fingerprint density at radius 1 is 1.53 bits per heavy atom. The minimum absolute atomic E-state index is 0.0328. The predicted octanol–water partition coefficient (Wildman–Crippen LogP) is 0.597. The Hall–Kier alpha value is -1.36. The van der Waals surface area contributed by atoms with Crippen molar-refractivity contribution in [3.05, 3.63) is 17.5 Å². The number of amides is 1. The summed E-state index contributed by atoms with van der Waals surface area (Å²) in [4.78, 5) is 11.5. The first kappa shape index (κ1) is 13.7. The molecular weight excluding hydrogens is 216 g/mol. The molecule has 5 heteroatoms. The number of aromatic nitrogens is 2. The molecule has 0 aliphatic rings. The lowest BCUT2D eigenvalue weighted by Gasteiger charge is -2.13. The van der Waals surface area contributed by atoms with Crippen molar-refractivity contribution < 1.29 is 4.79 Å². The number of hydrogen-bond acceptors (Lipinski definition) is 3. The number of rotatable bonds is 6. The zero-order chi connectivity index (χ0) is 12.8. The Kier molecular flexibility index (Phi) is 5.15. The molecule has 0 aliphatic heterocycles. The largest absolute Gasteiger partial charge is 0.355 e. The van der Waals surface area contributed by atoms with E-state index in [9.17, 15) is 4.79 Å². The van der Waals surface area contributed by atoms with Crippen LogP contribution in [-0.2, 0) is 24.8 Å². The highest BCUT2D eigenvalue weighted by molar-refractivity contribution is 5.81. The van der Waals surface area contributed by atoms with Gasteiger partial charge in [0.05, 0.1) is 17.4 Å². The van der Waals surface area contributed by atoms with E-state index in [1.54, 1.807) is 0 Å². The fourth-order valence-corrected chi connectivity index (χ4v) is 1.59. The van der Waals surface area contributed by atoms with Crippen LogP contribution in [0.3, 0.4) is 0 Å². The van der Waals surface area contributed by atoms with Crippen molar-refractivity contribution >= 4 is 5.91 Å². The number of carbonyl (C=O) groups is 1. The Morgan fingerprint density at radius 3 is 2.76 bits per heavy atom. The highest BCUT2D eigenvalue weighted by Crippen LogP contribution is 2.03. The Morgan fingerprint density at radius 2 is 2.24 bits per heavy atom. The number of hydrogen-bond donors (Lipinski definition) is 2. The van der Waals surface area contributed by atoms with E-state index in [-0.39, 0.29) is 11.9 Å². The topological polar surface area (TPSA) is 59.0 Å². The summed E-state index contributed by atoms with van der Waals surface area (Å²) < 4.78 is 1.86. The van der Waals surface area contributed by atoms with Gasteiger partial charge >= 0.3 is 0 Å². The van der Waals surface area contributed by atoms with Crippen LogP contribution in [0.25, 0.3) is 0 Å². The van der Waals surface area contributed by atoms with Crippen LogP contribution in [0.15, 0.2) is 6.07 Å². The summed E-state index contributed by atoms with van der Waals surface area (Å²) in [6, 6.07) is 1.88. The molecule has 0 bridgehead atoms. The fourth-order valence-electron chi connectivity index (χ4n) is 1.59. The molecule has 2 N–H and O–H groups in total. The molecule has 0 aliphatic carbocycles. The summed E-state index contributed by atoms with van der Waals surface area (Å²) >= 11 is 0. The smallest absolute Gasteiger partial charge is 0.236 e. The molecular formula is C12H22N4O. The zero-order valence-corrected chi connectivity index (χ0v) is 11.1. The number of likely N-dealkylation sites (N-methyl/N-ethyl adjacent to an activating group) is 1. The molecule has 1 unspecified atom stereocenters. The van der Waals surface area contributed by atoms with Crippen LogP contribution in [-0.4, -0.2) is 28.3 Å². The number of carbonyl (C=O) groups excluding carboxylic acids is 1. The van der Waals surface area contributed by atoms with Crippen molar-refractivity contribution in [1.29, 1.82) is 0 Å². The van der Waals surface area contributed by atoms with Gasteiger partial charge < -0.3 is 10.6 Å². The second-order valence-corrected chi connectivity index (χ2v) is 4.10. The Balaban J connectivity index is 2.49. The molecule has 5 nitrogen and oxygen atoms in total. The molecule has 1 aromatic rings. The van der Waals surface area contributed by atoms with Gasteiger partial charge in [0.1, 0.15) is 0 Å². The van der Waals surface area contributed by atoms with Gasteiger partial charge in [-0.1, -0.05) is 6.92 Å². The van der Waals surface area contributed by atoms with Crippen LogP contribution in [0, 0.1) is 0 Å². The average molecular weight is 238 g/mol. The molecule has 0 aromatic carbocycles. The van der Waals surface area contributed by atoms with Crippen LogP contribution in [0.2, 0.25) is 0 Å². The first-order valence-corrected chi connectivity index (χ1v) is 6.11. The summed E-state index contributed by atoms with van der Waals surface area (Å²) in [5.41, 5.74) is 2.17. The SMILES string of the molecule is CCNC(=O)C(C)NCc1cc(CC)nn1C. The van der Waals surface area contributed by atoms with Crippen molar-refractivity contribution in [3.8, 4) is 0 Å². The second kappa shape index (κ2) is 6.39. The van der Waals surface area contributed by atoms with Crippen molar-refractivity contribution in [1.82, 2.24) is 20.4 Å². The van der Waals surface area contributed by atoms with Gasteiger partial charge in [-0.05, 0) is 26.3 Å². The number of nitrogens with one attached hydrogen (secondary N) is 2. The van der Waals surface area contributed by atoms with Gasteiger partial charge in [-0.15, -0.1) is 0 Å². The molecule has 1 rings (SSSR count). The van der Waals surface area contributed by atoms with E-state index in [0.29, 0.717) is 13.1 Å². The number of nitrogens with zero attached hydrogens (tertiary/aromatic N) is 2. The van der Waals surface area contributed by atoms with Gasteiger partial charge in [-0.3, -0.25) is 9.48 Å². The third-order valence-corrected chi connectivity index (χ3v) is 2.72. The van der Waals surface area contributed by atoms with Gasteiger partial charge in [0, 0.05) is 20.1 Å². The molecule has 0 radical (unpaired) electrons. The maximum Gasteiger partial charge on any atom is 0.236 e. The van der Waals surface area contributed by atoms with E-state index in [1.807, 2.05) is 25.6 Å². The van der Waals surface area contributed by atoms with E-state index in [0.717, 1.165) is 17.8 Å². The summed E-state index contributed by atoms with van der Waals surface area (Å²) in [7, 11) is 1.92. The van der Waals surface area contributed by atoms with Crippen LogP contribution < -0.4 is 10.6 Å². The van der Waals surface area contributed by atoms with Crippen LogP contribution >= 0.6 is 0 Å². The van der Waals surface area contributed by atoms with E-state index >= 15 is 0 Å². The molecule has 1 aromatic heterocycles. The summed E-state index contributed by atoms with van der Waals surface area (Å²) in [6.45, 7) is 7.18. The lowest BCUT2D eigenvalue weighted by Crippen LogP contribution is -2.41. The third-order valence-electron chi connectivity index (χ3n) is 2.72. The second-order valence-electron chi connectivity index (χ2n) is 4.10. The normalized spacial score (nSPS) is 12.5. The minimum atomic E-state index is -0.185. The highest BCUT2D eigenvalue weighted by atomic mass is 16.2. The summed E-state index contributed by atoms with van der Waals surface area (Å²) in [5, 5.41) is 10.3. The monoisotopic (exact) mass is 238 g/mol. The molecule has 1 heterocycles. The molecule has 1 atom stereocenters. The predicted molar refractivity (Wildman–Crippen MR) is 67.6 cm³/mol. The number of aryl methyl sites for hydroxylation is 2. The van der Waals surface area contributed by atoms with Crippen LogP contribution in [0.1, 0.15) is 32.2 Å². The van der Waals surface area contributed by atoms with Crippen molar-refractivity contribution in [3.63, 3.8) is 0 Å². The van der Waals surface area contributed by atoms with Crippen molar-refractivity contribution in [2.75, 3.05) is 6.54 Å². The van der Waals surface area contributed by atoms with Gasteiger partial charge in [0.15, 0.2) is 0 Å². The van der Waals surface area contributed by atoms with Crippen molar-refractivity contribution in [2.45, 2.75) is 39.8 Å². The maximum absolute atomic E-state index is 11.5. The van der Waals surface area contributed by atoms with Gasteiger partial charge in [0.2, 0.25) is 5.91 Å². The summed E-state index contributed by atoms with van der Waals surface area (Å²) in [5.74, 6) is 0.0328. The minimum Gasteiger partial charge on any atom is -0.355 e. The third kappa shape index (κ3) is 3.85. The fraction of sp³-hybridized carbons (Fsp3) is 0.667. The molecule has 0 spiro atoms. The van der Waals surface area contributed by atoms with E-state index in [1.165, 1.54) is 0 Å². The molecule has 0 saturated heterocycles. The molecule has 96 valence electrons. The lowest BCUT2D eigenvalue weighted by molar-refractivity contribution is -0.122.